The molecule has 2 aromatic rings. The Morgan fingerprint density at radius 1 is 1.08 bits per heavy atom. The summed E-state index contributed by atoms with van der Waals surface area (Å²) in [6, 6.07) is 15.2. The van der Waals surface area contributed by atoms with Crippen LogP contribution in [-0.2, 0) is 17.6 Å². The molecule has 1 aliphatic carbocycles. The first-order chi connectivity index (χ1) is 12.2. The van der Waals surface area contributed by atoms with E-state index in [0.717, 1.165) is 11.3 Å². The average Bonchev–Trinajstić information content (AvgIpc) is 2.65. The summed E-state index contributed by atoms with van der Waals surface area (Å²) in [5.74, 6) is 0.569. The molecule has 0 radical (unpaired) electrons. The maximum absolute atomic E-state index is 12.4. The Kier molecular flexibility index (Phi) is 6.19. The minimum Gasteiger partial charge on any atom is -0.349 e. The van der Waals surface area contributed by atoms with E-state index in [9.17, 15) is 4.79 Å². The molecule has 0 aliphatic heterocycles. The van der Waals surface area contributed by atoms with Gasteiger partial charge in [-0.05, 0) is 67.9 Å². The fraction of sp³-hybridized carbons (Fsp3) is 0.409. The summed E-state index contributed by atoms with van der Waals surface area (Å²) in [4.78, 5) is 13.5. The van der Waals surface area contributed by atoms with E-state index in [4.69, 9.17) is 0 Å². The zero-order valence-corrected chi connectivity index (χ0v) is 16.0. The SMILES string of the molecule is CC[C@@H](NC(=O)CSc1ccc(C)cc1)c1ccc2c(c1)CCCC2. The monoisotopic (exact) mass is 353 g/mol. The third-order valence-electron chi connectivity index (χ3n) is 4.91. The Bertz CT molecular complexity index is 723. The molecule has 2 nitrogen and oxygen atoms in total. The topological polar surface area (TPSA) is 29.1 Å². The smallest absolute Gasteiger partial charge is 0.230 e. The molecule has 1 aliphatic rings. The predicted molar refractivity (Wildman–Crippen MR) is 106 cm³/mol. The molecule has 1 amide bonds. The molecule has 0 unspecified atom stereocenters. The van der Waals surface area contributed by atoms with Gasteiger partial charge in [-0.2, -0.15) is 0 Å². The van der Waals surface area contributed by atoms with Crippen molar-refractivity contribution >= 4 is 17.7 Å². The number of thioether (sulfide) groups is 1. The van der Waals surface area contributed by atoms with Gasteiger partial charge in [-0.3, -0.25) is 4.79 Å². The van der Waals surface area contributed by atoms with E-state index < -0.39 is 0 Å². The van der Waals surface area contributed by atoms with Crippen molar-refractivity contribution in [1.29, 1.82) is 0 Å². The zero-order valence-electron chi connectivity index (χ0n) is 15.2. The number of amides is 1. The molecule has 0 fully saturated rings. The molecule has 1 atom stereocenters. The van der Waals surface area contributed by atoms with Crippen molar-refractivity contribution in [2.24, 2.45) is 0 Å². The largest absolute Gasteiger partial charge is 0.349 e. The molecule has 0 aromatic heterocycles. The summed E-state index contributed by atoms with van der Waals surface area (Å²) in [6.45, 7) is 4.21. The number of fused-ring (bicyclic) bond motifs is 1. The van der Waals surface area contributed by atoms with Crippen molar-refractivity contribution in [2.75, 3.05) is 5.75 Å². The second kappa shape index (κ2) is 8.57. The lowest BCUT2D eigenvalue weighted by Crippen LogP contribution is -2.29. The average molecular weight is 354 g/mol. The van der Waals surface area contributed by atoms with E-state index >= 15 is 0 Å². The number of aryl methyl sites for hydroxylation is 3. The lowest BCUT2D eigenvalue weighted by Gasteiger charge is -2.21. The Labute approximate surface area is 155 Å². The summed E-state index contributed by atoms with van der Waals surface area (Å²) in [5.41, 5.74) is 5.46. The molecule has 1 N–H and O–H groups in total. The van der Waals surface area contributed by atoms with Crippen LogP contribution in [0.5, 0.6) is 0 Å². The van der Waals surface area contributed by atoms with Gasteiger partial charge in [0.1, 0.15) is 0 Å². The Hall–Kier alpha value is -1.74. The van der Waals surface area contributed by atoms with E-state index in [0.29, 0.717) is 5.75 Å². The van der Waals surface area contributed by atoms with Crippen molar-refractivity contribution in [3.8, 4) is 0 Å². The molecule has 3 rings (SSSR count). The zero-order chi connectivity index (χ0) is 17.6. The molecule has 0 saturated carbocycles. The number of hydrogen-bond acceptors (Lipinski definition) is 2. The van der Waals surface area contributed by atoms with Crippen LogP contribution in [0.15, 0.2) is 47.4 Å². The van der Waals surface area contributed by atoms with Crippen LogP contribution in [0.4, 0.5) is 0 Å². The first-order valence-electron chi connectivity index (χ1n) is 9.26. The third-order valence-corrected chi connectivity index (χ3v) is 5.92. The van der Waals surface area contributed by atoms with Gasteiger partial charge in [0, 0.05) is 4.90 Å². The highest BCUT2D eigenvalue weighted by atomic mass is 32.2. The van der Waals surface area contributed by atoms with Crippen molar-refractivity contribution < 1.29 is 4.79 Å². The molecule has 0 heterocycles. The van der Waals surface area contributed by atoms with E-state index in [2.05, 4.69) is 61.6 Å². The Morgan fingerprint density at radius 3 is 2.52 bits per heavy atom. The van der Waals surface area contributed by atoms with Gasteiger partial charge in [0.05, 0.1) is 11.8 Å². The molecule has 132 valence electrons. The summed E-state index contributed by atoms with van der Waals surface area (Å²) in [5, 5.41) is 3.21. The molecule has 2 aromatic carbocycles. The first-order valence-corrected chi connectivity index (χ1v) is 10.2. The van der Waals surface area contributed by atoms with Crippen molar-refractivity contribution in [3.05, 3.63) is 64.7 Å². The number of rotatable bonds is 6. The molecule has 25 heavy (non-hydrogen) atoms. The second-order valence-corrected chi connectivity index (χ2v) is 7.91. The van der Waals surface area contributed by atoms with Gasteiger partial charge in [-0.25, -0.2) is 0 Å². The molecular weight excluding hydrogens is 326 g/mol. The Balaban J connectivity index is 1.59. The Morgan fingerprint density at radius 2 is 1.80 bits per heavy atom. The number of hydrogen-bond donors (Lipinski definition) is 1. The number of carbonyl (C=O) groups is 1. The predicted octanol–water partition coefficient (Wildman–Crippen LogP) is 5.23. The van der Waals surface area contributed by atoms with Crippen molar-refractivity contribution in [3.63, 3.8) is 0 Å². The first kappa shape index (κ1) is 18.1. The molecule has 0 bridgehead atoms. The van der Waals surface area contributed by atoms with Crippen LogP contribution in [0.3, 0.4) is 0 Å². The highest BCUT2D eigenvalue weighted by molar-refractivity contribution is 8.00. The van der Waals surface area contributed by atoms with Gasteiger partial charge in [-0.15, -0.1) is 11.8 Å². The van der Waals surface area contributed by atoms with Crippen molar-refractivity contribution in [2.45, 2.75) is 56.9 Å². The quantitative estimate of drug-likeness (QED) is 0.720. The molecule has 0 saturated heterocycles. The summed E-state index contributed by atoms with van der Waals surface area (Å²) in [6.07, 6.45) is 5.88. The number of carbonyl (C=O) groups excluding carboxylic acids is 1. The van der Waals surface area contributed by atoms with Crippen LogP contribution < -0.4 is 5.32 Å². The van der Waals surface area contributed by atoms with Crippen LogP contribution in [0.2, 0.25) is 0 Å². The third kappa shape index (κ3) is 4.88. The maximum Gasteiger partial charge on any atom is 0.230 e. The van der Waals surface area contributed by atoms with Gasteiger partial charge in [0.2, 0.25) is 5.91 Å². The number of nitrogens with one attached hydrogen (secondary N) is 1. The van der Waals surface area contributed by atoms with Crippen LogP contribution in [0.1, 0.15) is 54.5 Å². The van der Waals surface area contributed by atoms with Gasteiger partial charge in [0.25, 0.3) is 0 Å². The standard InChI is InChI=1S/C22H27NOS/c1-3-21(19-11-10-17-6-4-5-7-18(17)14-19)23-22(24)15-25-20-12-8-16(2)9-13-20/h8-14,21H,3-7,15H2,1-2H3,(H,23,24)/t21-/m1/s1. The van der Waals surface area contributed by atoms with Gasteiger partial charge < -0.3 is 5.32 Å². The fourth-order valence-electron chi connectivity index (χ4n) is 3.41. The minimum atomic E-state index is 0.107. The van der Waals surface area contributed by atoms with Gasteiger partial charge >= 0.3 is 0 Å². The van der Waals surface area contributed by atoms with Gasteiger partial charge in [-0.1, -0.05) is 42.8 Å². The summed E-state index contributed by atoms with van der Waals surface area (Å²) < 4.78 is 0. The fourth-order valence-corrected chi connectivity index (χ4v) is 4.12. The highest BCUT2D eigenvalue weighted by Gasteiger charge is 2.16. The van der Waals surface area contributed by atoms with Crippen LogP contribution in [-0.4, -0.2) is 11.7 Å². The van der Waals surface area contributed by atoms with Crippen LogP contribution >= 0.6 is 11.8 Å². The van der Waals surface area contributed by atoms with E-state index in [1.807, 2.05) is 0 Å². The second-order valence-electron chi connectivity index (χ2n) is 6.87. The summed E-state index contributed by atoms with van der Waals surface area (Å²) in [7, 11) is 0. The van der Waals surface area contributed by atoms with Crippen LogP contribution in [0, 0.1) is 6.92 Å². The van der Waals surface area contributed by atoms with E-state index in [1.54, 1.807) is 11.8 Å². The normalized spacial score (nSPS) is 14.6. The van der Waals surface area contributed by atoms with E-state index in [1.165, 1.54) is 47.9 Å². The van der Waals surface area contributed by atoms with Crippen LogP contribution in [0.25, 0.3) is 0 Å². The molecule has 3 heteroatoms. The summed E-state index contributed by atoms with van der Waals surface area (Å²) >= 11 is 1.60. The lowest BCUT2D eigenvalue weighted by molar-refractivity contribution is -0.119. The molecule has 0 spiro atoms. The van der Waals surface area contributed by atoms with Crippen molar-refractivity contribution in [1.82, 2.24) is 5.32 Å². The minimum absolute atomic E-state index is 0.107. The van der Waals surface area contributed by atoms with E-state index in [-0.39, 0.29) is 11.9 Å². The highest BCUT2D eigenvalue weighted by Crippen LogP contribution is 2.26. The lowest BCUT2D eigenvalue weighted by atomic mass is 9.89. The maximum atomic E-state index is 12.4. The number of benzene rings is 2. The molecular formula is C22H27NOS. The van der Waals surface area contributed by atoms with Gasteiger partial charge in [0.15, 0.2) is 0 Å².